The maximum atomic E-state index is 4.81. The predicted molar refractivity (Wildman–Crippen MR) is 117 cm³/mol. The van der Waals surface area contributed by atoms with E-state index in [4.69, 9.17) is 9.98 Å². The highest BCUT2D eigenvalue weighted by molar-refractivity contribution is 8.14. The van der Waals surface area contributed by atoms with E-state index in [0.29, 0.717) is 0 Å². The third kappa shape index (κ3) is 3.05. The SMILES string of the molecule is C=C1NC(SCC2=Nc3ccc(C)cc3C2)=Nc2c1cnn2-c1ccccc1. The topological polar surface area (TPSA) is 54.6 Å². The fraction of sp³-hybridized carbons (Fsp3) is 0.136. The zero-order chi connectivity index (χ0) is 19.1. The van der Waals surface area contributed by atoms with E-state index in [1.165, 1.54) is 16.8 Å². The maximum Gasteiger partial charge on any atom is 0.168 e. The Bertz CT molecular complexity index is 1140. The standard InChI is InChI=1S/C22H19N5S/c1-14-8-9-20-16(10-14)11-17(25-20)13-28-22-24-15(2)19-12-23-27(21(19)26-22)18-6-4-3-5-7-18/h3-10,12H,2,11,13H2,1H3,(H,24,26). The summed E-state index contributed by atoms with van der Waals surface area (Å²) in [4.78, 5) is 9.58. The second-order valence-electron chi connectivity index (χ2n) is 6.93. The van der Waals surface area contributed by atoms with Crippen molar-refractivity contribution < 1.29 is 0 Å². The van der Waals surface area contributed by atoms with E-state index < -0.39 is 0 Å². The minimum atomic E-state index is 0.793. The summed E-state index contributed by atoms with van der Waals surface area (Å²) < 4.78 is 1.85. The third-order valence-electron chi connectivity index (χ3n) is 4.82. The smallest absolute Gasteiger partial charge is 0.168 e. The fourth-order valence-electron chi connectivity index (χ4n) is 3.44. The van der Waals surface area contributed by atoms with Crippen molar-refractivity contribution in [3.8, 4) is 5.69 Å². The van der Waals surface area contributed by atoms with Crippen LogP contribution in [0.2, 0.25) is 0 Å². The lowest BCUT2D eigenvalue weighted by Gasteiger charge is -2.17. The van der Waals surface area contributed by atoms with Gasteiger partial charge in [0.05, 0.1) is 23.1 Å². The molecule has 0 saturated heterocycles. The fourth-order valence-corrected chi connectivity index (χ4v) is 4.26. The Labute approximate surface area is 167 Å². The molecular weight excluding hydrogens is 366 g/mol. The summed E-state index contributed by atoms with van der Waals surface area (Å²) in [6.45, 7) is 6.26. The van der Waals surface area contributed by atoms with Gasteiger partial charge in [-0.25, -0.2) is 9.67 Å². The lowest BCUT2D eigenvalue weighted by molar-refractivity contribution is 0.879. The number of nitrogens with one attached hydrogen (secondary N) is 1. The van der Waals surface area contributed by atoms with Gasteiger partial charge in [-0.1, -0.05) is 54.2 Å². The molecule has 0 aliphatic carbocycles. The summed E-state index contributed by atoms with van der Waals surface area (Å²) in [6.07, 6.45) is 2.72. The number of hydrogen-bond acceptors (Lipinski definition) is 5. The van der Waals surface area contributed by atoms with Gasteiger partial charge < -0.3 is 5.32 Å². The van der Waals surface area contributed by atoms with Crippen LogP contribution < -0.4 is 5.32 Å². The molecule has 6 heteroatoms. The monoisotopic (exact) mass is 385 g/mol. The van der Waals surface area contributed by atoms with E-state index >= 15 is 0 Å². The molecule has 0 unspecified atom stereocenters. The second-order valence-corrected chi connectivity index (χ2v) is 7.89. The molecule has 3 heterocycles. The number of fused-ring (bicyclic) bond motifs is 2. The molecule has 0 amide bonds. The third-order valence-corrected chi connectivity index (χ3v) is 5.76. The number of aryl methyl sites for hydroxylation is 1. The average Bonchev–Trinajstić information content (AvgIpc) is 3.30. The summed E-state index contributed by atoms with van der Waals surface area (Å²) in [7, 11) is 0. The summed E-state index contributed by atoms with van der Waals surface area (Å²) >= 11 is 1.65. The number of para-hydroxylation sites is 1. The Hall–Kier alpha value is -3.12. The largest absolute Gasteiger partial charge is 0.334 e. The molecule has 5 nitrogen and oxygen atoms in total. The number of aliphatic imine (C=N–C) groups is 2. The van der Waals surface area contributed by atoms with Gasteiger partial charge in [-0.05, 0) is 30.7 Å². The quantitative estimate of drug-likeness (QED) is 0.704. The van der Waals surface area contributed by atoms with Crippen molar-refractivity contribution in [2.75, 3.05) is 5.75 Å². The Kier molecular flexibility index (Phi) is 4.13. The van der Waals surface area contributed by atoms with Crippen molar-refractivity contribution >= 4 is 39.8 Å². The van der Waals surface area contributed by atoms with Crippen molar-refractivity contribution in [1.82, 2.24) is 15.1 Å². The second kappa shape index (κ2) is 6.80. The summed E-state index contributed by atoms with van der Waals surface area (Å²) in [5.74, 6) is 1.60. The number of rotatable bonds is 3. The minimum Gasteiger partial charge on any atom is -0.334 e. The van der Waals surface area contributed by atoms with Crippen LogP contribution in [0.5, 0.6) is 0 Å². The van der Waals surface area contributed by atoms with Crippen LogP contribution in [0.25, 0.3) is 11.4 Å². The van der Waals surface area contributed by atoms with Crippen molar-refractivity contribution in [2.45, 2.75) is 13.3 Å². The summed E-state index contributed by atoms with van der Waals surface area (Å²) in [5, 5.41) is 8.63. The normalized spacial score (nSPS) is 14.8. The maximum absolute atomic E-state index is 4.81. The molecule has 138 valence electrons. The number of hydrogen-bond donors (Lipinski definition) is 1. The van der Waals surface area contributed by atoms with Crippen LogP contribution in [0.15, 0.2) is 71.3 Å². The van der Waals surface area contributed by atoms with Gasteiger partial charge in [0, 0.05) is 23.6 Å². The highest BCUT2D eigenvalue weighted by atomic mass is 32.2. The van der Waals surface area contributed by atoms with Crippen LogP contribution in [-0.4, -0.2) is 26.4 Å². The first-order chi connectivity index (χ1) is 13.7. The number of thioether (sulfide) groups is 1. The molecule has 0 radical (unpaired) electrons. The van der Waals surface area contributed by atoms with Crippen molar-refractivity contribution in [1.29, 1.82) is 0 Å². The van der Waals surface area contributed by atoms with Crippen LogP contribution >= 0.6 is 11.8 Å². The first kappa shape index (κ1) is 17.0. The van der Waals surface area contributed by atoms with E-state index in [-0.39, 0.29) is 0 Å². The highest BCUT2D eigenvalue weighted by Crippen LogP contribution is 2.33. The van der Waals surface area contributed by atoms with Gasteiger partial charge >= 0.3 is 0 Å². The molecule has 2 aliphatic heterocycles. The number of benzene rings is 2. The van der Waals surface area contributed by atoms with Gasteiger partial charge in [0.15, 0.2) is 11.0 Å². The van der Waals surface area contributed by atoms with Crippen molar-refractivity contribution in [2.24, 2.45) is 9.98 Å². The van der Waals surface area contributed by atoms with Gasteiger partial charge in [0.2, 0.25) is 0 Å². The van der Waals surface area contributed by atoms with Crippen molar-refractivity contribution in [3.63, 3.8) is 0 Å². The van der Waals surface area contributed by atoms with E-state index in [2.05, 4.69) is 42.1 Å². The number of aromatic nitrogens is 2. The lowest BCUT2D eigenvalue weighted by atomic mass is 10.1. The van der Waals surface area contributed by atoms with Crippen LogP contribution in [-0.2, 0) is 6.42 Å². The zero-order valence-electron chi connectivity index (χ0n) is 15.5. The molecule has 0 fully saturated rings. The Morgan fingerprint density at radius 1 is 1.14 bits per heavy atom. The average molecular weight is 385 g/mol. The first-order valence-electron chi connectivity index (χ1n) is 9.14. The van der Waals surface area contributed by atoms with Gasteiger partial charge in [-0.3, -0.25) is 4.99 Å². The molecule has 1 N–H and O–H groups in total. The molecule has 2 aliphatic rings. The van der Waals surface area contributed by atoms with Gasteiger partial charge in [-0.15, -0.1) is 0 Å². The van der Waals surface area contributed by atoms with E-state index in [9.17, 15) is 0 Å². The molecule has 0 bridgehead atoms. The van der Waals surface area contributed by atoms with Crippen LogP contribution in [0.3, 0.4) is 0 Å². The van der Waals surface area contributed by atoms with Gasteiger partial charge in [0.25, 0.3) is 0 Å². The van der Waals surface area contributed by atoms with E-state index in [0.717, 1.165) is 45.8 Å². The van der Waals surface area contributed by atoms with Crippen LogP contribution in [0.4, 0.5) is 11.5 Å². The van der Waals surface area contributed by atoms with Crippen LogP contribution in [0.1, 0.15) is 16.7 Å². The molecule has 1 aromatic heterocycles. The van der Waals surface area contributed by atoms with Crippen molar-refractivity contribution in [3.05, 3.63) is 78.0 Å². The first-order valence-corrected chi connectivity index (χ1v) is 10.1. The molecule has 0 saturated carbocycles. The Balaban J connectivity index is 1.37. The highest BCUT2D eigenvalue weighted by Gasteiger charge is 2.22. The van der Waals surface area contributed by atoms with Gasteiger partial charge in [-0.2, -0.15) is 5.10 Å². The van der Waals surface area contributed by atoms with Gasteiger partial charge in [0.1, 0.15) is 0 Å². The van der Waals surface area contributed by atoms with E-state index in [1.54, 1.807) is 11.8 Å². The summed E-state index contributed by atoms with van der Waals surface area (Å²) in [6, 6.07) is 16.5. The molecule has 0 atom stereocenters. The molecule has 28 heavy (non-hydrogen) atoms. The minimum absolute atomic E-state index is 0.793. The molecule has 3 aromatic rings. The number of nitrogens with zero attached hydrogens (tertiary/aromatic N) is 4. The Morgan fingerprint density at radius 2 is 2.00 bits per heavy atom. The van der Waals surface area contributed by atoms with Crippen LogP contribution in [0, 0.1) is 6.92 Å². The van der Waals surface area contributed by atoms with E-state index in [1.807, 2.05) is 41.2 Å². The Morgan fingerprint density at radius 3 is 2.86 bits per heavy atom. The molecule has 5 rings (SSSR count). The molecular formula is C22H19N5S. The molecule has 0 spiro atoms. The number of amidine groups is 1. The lowest BCUT2D eigenvalue weighted by Crippen LogP contribution is -2.23. The summed E-state index contributed by atoms with van der Waals surface area (Å²) in [5.41, 5.74) is 7.58. The zero-order valence-corrected chi connectivity index (χ0v) is 16.3. The predicted octanol–water partition coefficient (Wildman–Crippen LogP) is 4.80. The molecule has 2 aromatic carbocycles.